The third-order valence-corrected chi connectivity index (χ3v) is 7.72. The van der Waals surface area contributed by atoms with E-state index >= 15 is 0 Å². The zero-order chi connectivity index (χ0) is 28.4. The number of anilines is 1. The largest absolute Gasteiger partial charge is 0.480 e. The van der Waals surface area contributed by atoms with Crippen LogP contribution in [0.15, 0.2) is 60.7 Å². The molecule has 2 saturated heterocycles. The van der Waals surface area contributed by atoms with Crippen LogP contribution in [0.4, 0.5) is 10.6 Å². The van der Waals surface area contributed by atoms with Gasteiger partial charge in [-0.05, 0) is 35.6 Å². The van der Waals surface area contributed by atoms with E-state index in [0.717, 1.165) is 11.1 Å². The van der Waals surface area contributed by atoms with Crippen LogP contribution in [0.5, 0.6) is 0 Å². The number of nitrogens with zero attached hydrogens (tertiary/aromatic N) is 4. The van der Waals surface area contributed by atoms with Crippen LogP contribution in [0.1, 0.15) is 46.4 Å². The van der Waals surface area contributed by atoms with Gasteiger partial charge in [-0.3, -0.25) is 4.79 Å². The molecule has 4 atom stereocenters. The Morgan fingerprint density at radius 2 is 1.75 bits per heavy atom. The SMILES string of the molecule is CC1CN(C(=O)N2CCC(O)C2)C(C(=O)O)C1c1cc(NCc2ccc(CN)cc2)n(C(=O)c2ccccc2)n1. The molecule has 210 valence electrons. The van der Waals surface area contributed by atoms with Crippen LogP contribution >= 0.6 is 0 Å². The highest BCUT2D eigenvalue weighted by Crippen LogP contribution is 2.39. The molecule has 0 saturated carbocycles. The van der Waals surface area contributed by atoms with Crippen LogP contribution in [-0.4, -0.2) is 79.5 Å². The second kappa shape index (κ2) is 11.5. The second-order valence-electron chi connectivity index (χ2n) is 10.5. The second-order valence-corrected chi connectivity index (χ2v) is 10.5. The van der Waals surface area contributed by atoms with E-state index in [1.165, 1.54) is 14.5 Å². The van der Waals surface area contributed by atoms with Gasteiger partial charge in [0.25, 0.3) is 5.91 Å². The van der Waals surface area contributed by atoms with Crippen LogP contribution in [-0.2, 0) is 17.9 Å². The molecule has 5 N–H and O–H groups in total. The summed E-state index contributed by atoms with van der Waals surface area (Å²) in [7, 11) is 0. The van der Waals surface area contributed by atoms with Gasteiger partial charge in [-0.15, -0.1) is 0 Å². The molecule has 11 heteroatoms. The normalized spacial score (nSPS) is 22.5. The first-order chi connectivity index (χ1) is 19.3. The lowest BCUT2D eigenvalue weighted by Gasteiger charge is -2.28. The maximum atomic E-state index is 13.5. The Labute approximate surface area is 232 Å². The molecule has 0 spiro atoms. The fourth-order valence-electron chi connectivity index (χ4n) is 5.61. The minimum absolute atomic E-state index is 0.182. The van der Waals surface area contributed by atoms with Crippen LogP contribution in [0.3, 0.4) is 0 Å². The summed E-state index contributed by atoms with van der Waals surface area (Å²) < 4.78 is 1.27. The fourth-order valence-corrected chi connectivity index (χ4v) is 5.61. The van der Waals surface area contributed by atoms with Crippen molar-refractivity contribution >= 4 is 23.7 Å². The molecule has 4 unspecified atom stereocenters. The number of β-amino-alcohol motifs (C(OH)–C–C–N with tert-alkyl or cyclic N) is 1. The standard InChI is InChI=1S/C29H34N6O5/c1-18-16-34(29(40)33-12-11-22(36)17-33)26(28(38)39)25(18)23-13-24(31-15-20-9-7-19(14-30)8-10-20)35(32-23)27(37)21-5-3-2-4-6-21/h2-10,13,18,22,25-26,31,36H,11-12,14-17,30H2,1H3,(H,38,39). The lowest BCUT2D eigenvalue weighted by Crippen LogP contribution is -2.48. The Hall–Kier alpha value is -4.22. The minimum atomic E-state index is -1.16. The Bertz CT molecular complexity index is 1380. The van der Waals surface area contributed by atoms with Gasteiger partial charge in [0, 0.05) is 50.3 Å². The first-order valence-corrected chi connectivity index (χ1v) is 13.4. The first kappa shape index (κ1) is 27.4. The van der Waals surface area contributed by atoms with E-state index < -0.39 is 30.1 Å². The van der Waals surface area contributed by atoms with E-state index in [1.807, 2.05) is 37.3 Å². The molecule has 2 amide bonds. The van der Waals surface area contributed by atoms with E-state index in [0.29, 0.717) is 43.1 Å². The number of carbonyl (C=O) groups is 3. The van der Waals surface area contributed by atoms with Crippen molar-refractivity contribution in [3.05, 3.63) is 83.0 Å². The van der Waals surface area contributed by atoms with Crippen molar-refractivity contribution in [2.75, 3.05) is 25.0 Å². The highest BCUT2D eigenvalue weighted by molar-refractivity contribution is 5.97. The number of hydrogen-bond acceptors (Lipinski definition) is 7. The number of aliphatic hydroxyl groups excluding tert-OH is 1. The molecule has 11 nitrogen and oxygen atoms in total. The third kappa shape index (κ3) is 5.43. The maximum Gasteiger partial charge on any atom is 0.327 e. The summed E-state index contributed by atoms with van der Waals surface area (Å²) in [6.07, 6.45) is -0.144. The molecule has 2 aliphatic heterocycles. The van der Waals surface area contributed by atoms with E-state index in [-0.39, 0.29) is 24.9 Å². The van der Waals surface area contributed by atoms with Gasteiger partial charge in [0.2, 0.25) is 0 Å². The molecule has 3 aromatic rings. The molecule has 2 aliphatic rings. The summed E-state index contributed by atoms with van der Waals surface area (Å²) in [4.78, 5) is 42.2. The molecule has 0 bridgehead atoms. The quantitative estimate of drug-likeness (QED) is 0.352. The number of carboxylic acid groups (broad SMARTS) is 1. The Morgan fingerprint density at radius 3 is 2.38 bits per heavy atom. The van der Waals surface area contributed by atoms with Crippen LogP contribution < -0.4 is 11.1 Å². The van der Waals surface area contributed by atoms with E-state index in [2.05, 4.69) is 10.4 Å². The number of urea groups is 1. The number of hydrogen-bond donors (Lipinski definition) is 4. The Kier molecular flexibility index (Phi) is 7.85. The van der Waals surface area contributed by atoms with Crippen molar-refractivity contribution in [3.63, 3.8) is 0 Å². The lowest BCUT2D eigenvalue weighted by molar-refractivity contribution is -0.142. The predicted molar refractivity (Wildman–Crippen MR) is 148 cm³/mol. The van der Waals surface area contributed by atoms with Gasteiger partial charge in [0.1, 0.15) is 11.9 Å². The molecule has 3 heterocycles. The molecular weight excluding hydrogens is 512 g/mol. The van der Waals surface area contributed by atoms with E-state index in [4.69, 9.17) is 5.73 Å². The van der Waals surface area contributed by atoms with Crippen LogP contribution in [0, 0.1) is 5.92 Å². The zero-order valence-corrected chi connectivity index (χ0v) is 22.3. The smallest absolute Gasteiger partial charge is 0.327 e. The molecule has 2 fully saturated rings. The van der Waals surface area contributed by atoms with E-state index in [9.17, 15) is 24.6 Å². The number of rotatable bonds is 7. The molecule has 40 heavy (non-hydrogen) atoms. The number of carboxylic acids is 1. The fraction of sp³-hybridized carbons (Fsp3) is 0.379. The average Bonchev–Trinajstić information content (AvgIpc) is 3.68. The Balaban J connectivity index is 1.47. The maximum absolute atomic E-state index is 13.5. The number of aliphatic hydroxyl groups is 1. The number of amides is 2. The molecule has 5 rings (SSSR count). The molecule has 2 aromatic carbocycles. The van der Waals surface area contributed by atoms with Gasteiger partial charge in [0.15, 0.2) is 0 Å². The highest BCUT2D eigenvalue weighted by Gasteiger charge is 2.49. The zero-order valence-electron chi connectivity index (χ0n) is 22.3. The number of benzene rings is 2. The van der Waals surface area contributed by atoms with Crippen molar-refractivity contribution < 1.29 is 24.6 Å². The molecule has 1 aromatic heterocycles. The summed E-state index contributed by atoms with van der Waals surface area (Å²) in [5.74, 6) is -1.94. The lowest BCUT2D eigenvalue weighted by atomic mass is 9.89. The van der Waals surface area contributed by atoms with Crippen molar-refractivity contribution in [1.29, 1.82) is 0 Å². The summed E-state index contributed by atoms with van der Waals surface area (Å²) >= 11 is 0. The van der Waals surface area contributed by atoms with E-state index in [1.54, 1.807) is 30.3 Å². The summed E-state index contributed by atoms with van der Waals surface area (Å²) in [5.41, 5.74) is 8.54. The van der Waals surface area contributed by atoms with Gasteiger partial charge >= 0.3 is 12.0 Å². The molecular formula is C29H34N6O5. The number of aliphatic carboxylic acids is 1. The highest BCUT2D eigenvalue weighted by atomic mass is 16.4. The monoisotopic (exact) mass is 546 g/mol. The summed E-state index contributed by atoms with van der Waals surface area (Å²) in [6, 6.07) is 16.7. The molecule has 0 radical (unpaired) electrons. The van der Waals surface area contributed by atoms with Gasteiger partial charge in [-0.25, -0.2) is 9.59 Å². The number of nitrogens with one attached hydrogen (secondary N) is 1. The van der Waals surface area contributed by atoms with Gasteiger partial charge in [-0.1, -0.05) is 49.4 Å². The van der Waals surface area contributed by atoms with Gasteiger partial charge in [-0.2, -0.15) is 9.78 Å². The minimum Gasteiger partial charge on any atom is -0.480 e. The predicted octanol–water partition coefficient (Wildman–Crippen LogP) is 2.32. The van der Waals surface area contributed by atoms with Crippen LogP contribution in [0.25, 0.3) is 0 Å². The average molecular weight is 547 g/mol. The molecule has 0 aliphatic carbocycles. The Morgan fingerprint density at radius 1 is 1.05 bits per heavy atom. The third-order valence-electron chi connectivity index (χ3n) is 7.72. The van der Waals surface area contributed by atoms with Gasteiger partial charge < -0.3 is 31.1 Å². The summed E-state index contributed by atoms with van der Waals surface area (Å²) in [5, 5.41) is 28.1. The van der Waals surface area contributed by atoms with Crippen molar-refractivity contribution in [2.45, 2.75) is 44.5 Å². The number of nitrogens with two attached hydrogens (primary N) is 1. The summed E-state index contributed by atoms with van der Waals surface area (Å²) in [6.45, 7) is 3.52. The van der Waals surface area contributed by atoms with Crippen LogP contribution in [0.2, 0.25) is 0 Å². The number of likely N-dealkylation sites (tertiary alicyclic amines) is 2. The van der Waals surface area contributed by atoms with Gasteiger partial charge in [0.05, 0.1) is 11.8 Å². The number of carbonyl (C=O) groups excluding carboxylic acids is 2. The number of aromatic nitrogens is 2. The van der Waals surface area contributed by atoms with Crippen molar-refractivity contribution in [2.24, 2.45) is 11.7 Å². The van der Waals surface area contributed by atoms with Crippen molar-refractivity contribution in [1.82, 2.24) is 19.6 Å². The van der Waals surface area contributed by atoms with Crippen molar-refractivity contribution in [3.8, 4) is 0 Å². The first-order valence-electron chi connectivity index (χ1n) is 13.4. The topological polar surface area (TPSA) is 154 Å².